The number of imidazole rings is 1. The van der Waals surface area contributed by atoms with Gasteiger partial charge in [0.2, 0.25) is 0 Å². The summed E-state index contributed by atoms with van der Waals surface area (Å²) in [6.07, 6.45) is 6.09. The van der Waals surface area contributed by atoms with Crippen molar-refractivity contribution in [2.45, 2.75) is 56.6 Å². The second-order valence-electron chi connectivity index (χ2n) is 10.5. The number of nitrogens with one attached hydrogen (secondary N) is 3. The number of rotatable bonds is 16. The molecule has 1 aromatic heterocycles. The summed E-state index contributed by atoms with van der Waals surface area (Å²) < 4.78 is 27.7. The highest BCUT2D eigenvalue weighted by Gasteiger charge is 2.20. The molecule has 0 bridgehead atoms. The van der Waals surface area contributed by atoms with Crippen LogP contribution in [0.1, 0.15) is 45.4 Å². The third-order valence-electron chi connectivity index (χ3n) is 7.34. The molecular formula is C34H41F2N5OS. The fourth-order valence-corrected chi connectivity index (χ4v) is 5.82. The lowest BCUT2D eigenvalue weighted by Crippen LogP contribution is -2.45. The van der Waals surface area contributed by atoms with Gasteiger partial charge in [0.05, 0.1) is 17.1 Å². The van der Waals surface area contributed by atoms with Gasteiger partial charge in [-0.1, -0.05) is 105 Å². The number of carbonyl (C=O) groups is 1. The number of aromatic amines is 1. The normalized spacial score (nSPS) is 11.8. The van der Waals surface area contributed by atoms with E-state index in [2.05, 4.69) is 46.8 Å². The van der Waals surface area contributed by atoms with Crippen molar-refractivity contribution in [1.82, 2.24) is 20.2 Å². The molecule has 1 heterocycles. The van der Waals surface area contributed by atoms with Crippen LogP contribution in [0.5, 0.6) is 0 Å². The summed E-state index contributed by atoms with van der Waals surface area (Å²) in [7, 11) is 1.89. The van der Waals surface area contributed by atoms with E-state index in [1.165, 1.54) is 6.07 Å². The molecule has 0 radical (unpaired) electrons. The van der Waals surface area contributed by atoms with E-state index in [1.54, 1.807) is 16.7 Å². The van der Waals surface area contributed by atoms with Crippen LogP contribution in [-0.4, -0.2) is 52.8 Å². The third kappa shape index (κ3) is 9.66. The van der Waals surface area contributed by atoms with E-state index in [1.807, 2.05) is 43.4 Å². The van der Waals surface area contributed by atoms with Crippen LogP contribution < -0.4 is 10.6 Å². The highest BCUT2D eigenvalue weighted by molar-refractivity contribution is 7.99. The van der Waals surface area contributed by atoms with E-state index in [0.29, 0.717) is 13.1 Å². The van der Waals surface area contributed by atoms with E-state index in [-0.39, 0.29) is 17.8 Å². The molecule has 0 saturated carbocycles. The molecule has 3 aromatic carbocycles. The first-order chi connectivity index (χ1) is 21.0. The quantitative estimate of drug-likeness (QED) is 0.0883. The topological polar surface area (TPSA) is 73.0 Å². The molecule has 9 heteroatoms. The predicted octanol–water partition coefficient (Wildman–Crippen LogP) is 8.60. The van der Waals surface area contributed by atoms with Crippen LogP contribution in [0.4, 0.5) is 19.3 Å². The summed E-state index contributed by atoms with van der Waals surface area (Å²) >= 11 is 1.65. The van der Waals surface area contributed by atoms with Gasteiger partial charge < -0.3 is 20.5 Å². The summed E-state index contributed by atoms with van der Waals surface area (Å²) in [5.41, 5.74) is 4.00. The molecule has 1 atom stereocenters. The maximum atomic E-state index is 14.3. The SMILES string of the molecule is CCCCCCCN(CC(CCSc1nc(-c2ccccc2)c(-c2ccccc2)[nH]1)NC)C(=O)Nc1ccc(F)cc1F. The molecule has 3 N–H and O–H groups in total. The van der Waals surface area contributed by atoms with Gasteiger partial charge in [0.1, 0.15) is 11.6 Å². The van der Waals surface area contributed by atoms with Crippen molar-refractivity contribution in [1.29, 1.82) is 0 Å². The van der Waals surface area contributed by atoms with Gasteiger partial charge in [0.25, 0.3) is 0 Å². The highest BCUT2D eigenvalue weighted by atomic mass is 32.2. The molecule has 6 nitrogen and oxygen atoms in total. The van der Waals surface area contributed by atoms with E-state index < -0.39 is 11.6 Å². The Hall–Kier alpha value is -3.69. The van der Waals surface area contributed by atoms with Crippen molar-refractivity contribution >= 4 is 23.5 Å². The van der Waals surface area contributed by atoms with Crippen molar-refractivity contribution in [2.75, 3.05) is 31.2 Å². The molecule has 43 heavy (non-hydrogen) atoms. The number of nitrogens with zero attached hydrogens (tertiary/aromatic N) is 2. The number of thioether (sulfide) groups is 1. The van der Waals surface area contributed by atoms with Crippen molar-refractivity contribution in [3.63, 3.8) is 0 Å². The lowest BCUT2D eigenvalue weighted by Gasteiger charge is -2.28. The zero-order valence-electron chi connectivity index (χ0n) is 24.9. The third-order valence-corrected chi connectivity index (χ3v) is 8.24. The molecule has 4 aromatic rings. The van der Waals surface area contributed by atoms with Crippen molar-refractivity contribution in [3.8, 4) is 22.5 Å². The van der Waals surface area contributed by atoms with E-state index in [4.69, 9.17) is 4.98 Å². The van der Waals surface area contributed by atoms with Crippen LogP contribution in [0.3, 0.4) is 0 Å². The van der Waals surface area contributed by atoms with E-state index in [9.17, 15) is 13.6 Å². The van der Waals surface area contributed by atoms with Crippen LogP contribution in [0, 0.1) is 11.6 Å². The molecule has 0 fully saturated rings. The molecular weight excluding hydrogens is 564 g/mol. The first-order valence-electron chi connectivity index (χ1n) is 15.0. The summed E-state index contributed by atoms with van der Waals surface area (Å²) in [6, 6.07) is 23.1. The maximum absolute atomic E-state index is 14.3. The summed E-state index contributed by atoms with van der Waals surface area (Å²) in [5.74, 6) is -0.694. The highest BCUT2D eigenvalue weighted by Crippen LogP contribution is 2.32. The number of aromatic nitrogens is 2. The number of unbranched alkanes of at least 4 members (excludes halogenated alkanes) is 4. The number of hydrogen-bond acceptors (Lipinski definition) is 4. The largest absolute Gasteiger partial charge is 0.332 e. The average Bonchev–Trinajstić information content (AvgIpc) is 3.46. The standard InChI is InChI=1S/C34H41F2N5OS/c1-3-4-5-6-13-21-41(34(42)38-30-19-18-27(35)23-29(30)36)24-28(37-2)20-22-43-33-39-31(25-14-9-7-10-15-25)32(40-33)26-16-11-8-12-17-26/h7-12,14-19,23,28,37H,3-6,13,20-22,24H2,1-2H3,(H,38,42)(H,39,40). The molecule has 0 spiro atoms. The Morgan fingerprint density at radius 2 is 1.65 bits per heavy atom. The minimum absolute atomic E-state index is 0.0177. The number of likely N-dealkylation sites (N-methyl/N-ethyl adjacent to an activating group) is 1. The number of halogens is 2. The van der Waals surface area contributed by atoms with E-state index in [0.717, 1.165) is 84.1 Å². The molecule has 0 saturated heterocycles. The van der Waals surface area contributed by atoms with Gasteiger partial charge in [-0.2, -0.15) is 0 Å². The fourth-order valence-electron chi connectivity index (χ4n) is 4.90. The van der Waals surface area contributed by atoms with Gasteiger partial charge in [0.15, 0.2) is 5.16 Å². The maximum Gasteiger partial charge on any atom is 0.321 e. The van der Waals surface area contributed by atoms with Gasteiger partial charge in [-0.05, 0) is 32.0 Å². The number of H-pyrrole nitrogens is 1. The van der Waals surface area contributed by atoms with Gasteiger partial charge in [-0.15, -0.1) is 0 Å². The Morgan fingerprint density at radius 3 is 2.33 bits per heavy atom. The predicted molar refractivity (Wildman–Crippen MR) is 173 cm³/mol. The number of benzene rings is 3. The number of hydrogen-bond donors (Lipinski definition) is 3. The molecule has 0 aliphatic rings. The molecule has 1 unspecified atom stereocenters. The Bertz CT molecular complexity index is 1360. The van der Waals surface area contributed by atoms with Crippen LogP contribution in [0.25, 0.3) is 22.5 Å². The van der Waals surface area contributed by atoms with Crippen molar-refractivity contribution in [3.05, 3.63) is 90.5 Å². The number of anilines is 1. The van der Waals surface area contributed by atoms with Gasteiger partial charge >= 0.3 is 6.03 Å². The molecule has 228 valence electrons. The van der Waals surface area contributed by atoms with Crippen LogP contribution >= 0.6 is 11.8 Å². The van der Waals surface area contributed by atoms with Crippen molar-refractivity contribution < 1.29 is 13.6 Å². The zero-order valence-corrected chi connectivity index (χ0v) is 25.7. The average molecular weight is 606 g/mol. The van der Waals surface area contributed by atoms with Gasteiger partial charge in [0, 0.05) is 42.1 Å². The minimum atomic E-state index is -0.791. The lowest BCUT2D eigenvalue weighted by molar-refractivity contribution is 0.203. The Kier molecular flexibility index (Phi) is 12.6. The summed E-state index contributed by atoms with van der Waals surface area (Å²) in [5, 5.41) is 6.82. The molecule has 0 aliphatic heterocycles. The van der Waals surface area contributed by atoms with Crippen LogP contribution in [0.15, 0.2) is 84.0 Å². The number of carbonyl (C=O) groups excluding carboxylic acids is 1. The lowest BCUT2D eigenvalue weighted by atomic mass is 10.1. The van der Waals surface area contributed by atoms with Crippen LogP contribution in [0.2, 0.25) is 0 Å². The van der Waals surface area contributed by atoms with Gasteiger partial charge in [-0.25, -0.2) is 18.6 Å². The number of urea groups is 1. The number of amides is 2. The molecule has 4 rings (SSSR count). The Labute approximate surface area is 257 Å². The van der Waals surface area contributed by atoms with Gasteiger partial charge in [-0.3, -0.25) is 0 Å². The first-order valence-corrected chi connectivity index (χ1v) is 16.0. The summed E-state index contributed by atoms with van der Waals surface area (Å²) in [4.78, 5) is 23.4. The fraction of sp³-hybridized carbons (Fsp3) is 0.353. The van der Waals surface area contributed by atoms with Crippen molar-refractivity contribution in [2.24, 2.45) is 0 Å². The monoisotopic (exact) mass is 605 g/mol. The molecule has 2 amide bonds. The Morgan fingerprint density at radius 1 is 0.953 bits per heavy atom. The smallest absolute Gasteiger partial charge is 0.321 e. The minimum Gasteiger partial charge on any atom is -0.332 e. The zero-order chi connectivity index (χ0) is 30.4. The Balaban J connectivity index is 1.41. The first kappa shape index (κ1) is 32.2. The molecule has 0 aliphatic carbocycles. The van der Waals surface area contributed by atoms with E-state index >= 15 is 0 Å². The second kappa shape index (κ2) is 16.8. The second-order valence-corrected chi connectivity index (χ2v) is 11.6. The van der Waals surface area contributed by atoms with Crippen LogP contribution in [-0.2, 0) is 0 Å². The summed E-state index contributed by atoms with van der Waals surface area (Å²) in [6.45, 7) is 3.19.